The van der Waals surface area contributed by atoms with E-state index in [1.807, 2.05) is 0 Å². The summed E-state index contributed by atoms with van der Waals surface area (Å²) in [7, 11) is -4.80. The van der Waals surface area contributed by atoms with Crippen LogP contribution in [0.5, 0.6) is 0 Å². The summed E-state index contributed by atoms with van der Waals surface area (Å²) in [6.07, 6.45) is 0. The van der Waals surface area contributed by atoms with Crippen LogP contribution in [0.1, 0.15) is 0 Å². The Labute approximate surface area is 77.1 Å². The summed E-state index contributed by atoms with van der Waals surface area (Å²) in [5, 5.41) is 0. The van der Waals surface area contributed by atoms with Crippen LogP contribution in [0.25, 0.3) is 0 Å². The molecule has 8 heteroatoms. The zero-order valence-corrected chi connectivity index (χ0v) is 10.1. The Balaban J connectivity index is 0. The molecule has 0 unspecified atom stereocenters. The predicted molar refractivity (Wildman–Crippen MR) is 15.7 cm³/mol. The van der Waals surface area contributed by atoms with Crippen molar-refractivity contribution >= 4 is 7.74 Å². The van der Waals surface area contributed by atoms with Crippen molar-refractivity contribution in [2.45, 2.75) is 0 Å². The predicted octanol–water partition coefficient (Wildman–Crippen LogP) is -0.952. The summed E-state index contributed by atoms with van der Waals surface area (Å²) >= 11 is 0. The maximum Gasteiger partial charge on any atom is 0 e. The monoisotopic (exact) mass is 268 g/mol. The van der Waals surface area contributed by atoms with E-state index in [0.29, 0.717) is 0 Å². The summed E-state index contributed by atoms with van der Waals surface area (Å²) < 4.78 is 6.76. The van der Waals surface area contributed by atoms with E-state index in [1.54, 1.807) is 0 Å². The van der Waals surface area contributed by atoms with Gasteiger partial charge >= 0.3 is 31.8 Å². The molecule has 0 aromatic rings. The molecule has 0 saturated carbocycles. The minimum atomic E-state index is -4.80. The van der Waals surface area contributed by atoms with Crippen molar-refractivity contribution in [2.24, 2.45) is 0 Å². The van der Waals surface area contributed by atoms with Crippen LogP contribution in [-0.4, -0.2) is 14.7 Å². The van der Waals surface area contributed by atoms with E-state index < -0.39 is 7.74 Å². The van der Waals surface area contributed by atoms with Crippen LogP contribution in [0.4, 0.5) is 0 Å². The summed E-state index contributed by atoms with van der Waals surface area (Å²) in [5.74, 6) is 0. The molecule has 0 radical (unpaired) electrons. The molecule has 0 aromatic carbocycles. The van der Waals surface area contributed by atoms with Crippen LogP contribution in [0.3, 0.4) is 0 Å². The fourth-order valence-electron chi connectivity index (χ4n) is 0.0447. The van der Waals surface area contributed by atoms with Gasteiger partial charge in [-0.15, -0.1) is 0 Å². The third-order valence-corrected chi connectivity index (χ3v) is 0.824. The number of hydrogen-bond donors (Lipinski definition) is 3. The molecule has 0 bridgehead atoms. The quantitative estimate of drug-likeness (QED) is 0.229. The van der Waals surface area contributed by atoms with Crippen molar-refractivity contribution in [3.05, 3.63) is 0 Å². The molecule has 0 aromatic heterocycles. The molecule has 1 fully saturated rings. The van der Waals surface area contributed by atoms with E-state index in [1.165, 1.54) is 0 Å². The molecule has 0 aliphatic carbocycles. The summed E-state index contributed by atoms with van der Waals surface area (Å²) in [6, 6.07) is 0. The summed E-state index contributed by atoms with van der Waals surface area (Å²) in [6.45, 7) is 0. The Kier molecular flexibility index (Phi) is 4.30. The van der Waals surface area contributed by atoms with E-state index >= 15 is 0 Å². The van der Waals surface area contributed by atoms with Crippen LogP contribution >= 0.6 is 7.74 Å². The minimum absolute atomic E-state index is 0. The molecular formula is H3O5PZnZr. The third-order valence-electron chi connectivity index (χ3n) is 0.275. The molecular weight excluding hydrogens is 268 g/mol. The zero-order chi connectivity index (χ0) is 4.86. The van der Waals surface area contributed by atoms with Crippen LogP contribution in [0.2, 0.25) is 0 Å². The van der Waals surface area contributed by atoms with E-state index in [-0.39, 0.29) is 45.7 Å². The Morgan fingerprint density at radius 2 is 1.12 bits per heavy atom. The Bertz CT molecular complexity index is 76.2. The Hall–Kier alpha value is 1.74. The first-order valence-electron chi connectivity index (χ1n) is 1.13. The van der Waals surface area contributed by atoms with Crippen molar-refractivity contribution in [1.29, 1.82) is 0 Å². The fourth-order valence-corrected chi connectivity index (χ4v) is 0.402. The first-order valence-corrected chi connectivity index (χ1v) is 3.06. The van der Waals surface area contributed by atoms with Gasteiger partial charge in [-0.3, -0.25) is 0 Å². The van der Waals surface area contributed by atoms with Crippen molar-refractivity contribution in [3.63, 3.8) is 0 Å². The fraction of sp³-hybridized carbons (Fsp3) is 0. The zero-order valence-electron chi connectivity index (χ0n) is 3.81. The smallest absolute Gasteiger partial charge is 0 e. The van der Waals surface area contributed by atoms with E-state index in [9.17, 15) is 0 Å². The standard InChI is InChI=1S/H3O5P.Zn.Zr/c1-6(2,3)4-5-6;;/h1-3H;;. The van der Waals surface area contributed by atoms with Gasteiger partial charge in [-0.2, -0.15) is 0 Å². The third kappa shape index (κ3) is 4.60. The van der Waals surface area contributed by atoms with Gasteiger partial charge in [0.1, 0.15) is 0 Å². The maximum atomic E-state index is 7.89. The molecule has 1 saturated heterocycles. The van der Waals surface area contributed by atoms with Crippen LogP contribution < -0.4 is 0 Å². The minimum Gasteiger partial charge on any atom is 0 e. The van der Waals surface area contributed by atoms with Gasteiger partial charge in [0.25, 0.3) is 0 Å². The SMILES string of the molecule is OP1(O)(O)OO1.[Zn].[Zr]. The molecule has 3 N–H and O–H groups in total. The Morgan fingerprint density at radius 3 is 1.12 bits per heavy atom. The van der Waals surface area contributed by atoms with Crippen LogP contribution in [0.15, 0.2) is 0 Å². The van der Waals surface area contributed by atoms with Crippen molar-refractivity contribution in [1.82, 2.24) is 0 Å². The molecule has 0 spiro atoms. The van der Waals surface area contributed by atoms with Crippen LogP contribution in [0, 0.1) is 0 Å². The molecule has 0 atom stereocenters. The Morgan fingerprint density at radius 1 is 1.00 bits per heavy atom. The summed E-state index contributed by atoms with van der Waals surface area (Å²) in [4.78, 5) is 23.7. The second kappa shape index (κ2) is 2.77. The molecule has 1 aliphatic heterocycles. The molecule has 44 valence electrons. The van der Waals surface area contributed by atoms with Gasteiger partial charge in [-0.05, 0) is 0 Å². The maximum absolute atomic E-state index is 7.89. The van der Waals surface area contributed by atoms with E-state index in [0.717, 1.165) is 0 Å². The largest absolute Gasteiger partial charge is 0 e. The first kappa shape index (κ1) is 12.4. The topological polar surface area (TPSA) is 85.8 Å². The van der Waals surface area contributed by atoms with Crippen molar-refractivity contribution < 1.29 is 69.7 Å². The molecule has 0 amide bonds. The van der Waals surface area contributed by atoms with Gasteiger partial charge in [0.05, 0.1) is 0 Å². The van der Waals surface area contributed by atoms with Gasteiger partial charge in [-0.25, -0.2) is 0 Å². The van der Waals surface area contributed by atoms with E-state index in [4.69, 9.17) is 14.7 Å². The first-order chi connectivity index (χ1) is 2.47. The number of rotatable bonds is 0. The molecule has 5 nitrogen and oxygen atoms in total. The van der Waals surface area contributed by atoms with Crippen molar-refractivity contribution in [3.8, 4) is 0 Å². The van der Waals surface area contributed by atoms with E-state index in [2.05, 4.69) is 9.35 Å². The van der Waals surface area contributed by atoms with Gasteiger partial charge in [0, 0.05) is 45.7 Å². The second-order valence-electron chi connectivity index (χ2n) is 0.982. The summed E-state index contributed by atoms with van der Waals surface area (Å²) in [5.41, 5.74) is 0. The molecule has 1 rings (SSSR count). The second-order valence-corrected chi connectivity index (χ2v) is 2.95. The van der Waals surface area contributed by atoms with Crippen molar-refractivity contribution in [2.75, 3.05) is 0 Å². The van der Waals surface area contributed by atoms with Gasteiger partial charge in [0.15, 0.2) is 0 Å². The van der Waals surface area contributed by atoms with Gasteiger partial charge in [0.2, 0.25) is 0 Å². The van der Waals surface area contributed by atoms with Gasteiger partial charge < -0.3 is 0 Å². The average molecular weight is 271 g/mol. The van der Waals surface area contributed by atoms with Gasteiger partial charge in [-0.1, -0.05) is 0 Å². The average Bonchev–Trinajstić information content (AvgIpc) is 1.73. The number of hydrogen-bond acceptors (Lipinski definition) is 5. The molecule has 8 heavy (non-hydrogen) atoms. The normalized spacial score (nSPS) is 32.1. The van der Waals surface area contributed by atoms with Crippen LogP contribution in [-0.2, 0) is 55.0 Å². The molecule has 1 aliphatic rings. The molecule has 1 heterocycles.